The fraction of sp³-hybridized carbons (Fsp3) is 0.700. The molecular formula is C10H18N2O4. The highest BCUT2D eigenvalue weighted by Crippen LogP contribution is 1.98. The number of nitrogens with one attached hydrogen (secondary N) is 1. The third kappa shape index (κ3) is 6.94. The van der Waals surface area contributed by atoms with Gasteiger partial charge in [-0.15, -0.1) is 0 Å². The van der Waals surface area contributed by atoms with Crippen molar-refractivity contribution in [3.05, 3.63) is 0 Å². The third-order valence-electron chi connectivity index (χ3n) is 2.00. The number of nitrogens with two attached hydrogens (primary N) is 1. The Bertz CT molecular complexity index is 266. The predicted octanol–water partition coefficient (Wildman–Crippen LogP) is 0.0115. The molecule has 1 atom stereocenters. The smallest absolute Gasteiger partial charge is 0.305 e. The number of hydrogen-bond donors (Lipinski definition) is 3. The molecule has 0 rings (SSSR count). The Hall–Kier alpha value is -1.43. The van der Waals surface area contributed by atoms with Crippen LogP contribution in [0.3, 0.4) is 0 Å². The molecule has 0 aromatic heterocycles. The lowest BCUT2D eigenvalue weighted by Gasteiger charge is -2.08. The lowest BCUT2D eigenvalue weighted by atomic mass is 10.2. The molecule has 2 amide bonds. The van der Waals surface area contributed by atoms with Gasteiger partial charge in [-0.25, -0.2) is 0 Å². The minimum Gasteiger partial charge on any atom is -0.481 e. The van der Waals surface area contributed by atoms with E-state index < -0.39 is 30.2 Å². The molecule has 6 heteroatoms. The maximum Gasteiger partial charge on any atom is 0.305 e. The van der Waals surface area contributed by atoms with Crippen LogP contribution in [0, 0.1) is 0 Å². The Kier molecular flexibility index (Phi) is 7.11. The highest BCUT2D eigenvalue weighted by molar-refractivity contribution is 5.98. The number of carboxylic acid groups (broad SMARTS) is 1. The highest BCUT2D eigenvalue weighted by atomic mass is 16.4. The van der Waals surface area contributed by atoms with E-state index in [4.69, 9.17) is 10.8 Å². The van der Waals surface area contributed by atoms with Crippen molar-refractivity contribution in [3.63, 3.8) is 0 Å². The molecule has 6 nitrogen and oxygen atoms in total. The Balaban J connectivity index is 3.85. The van der Waals surface area contributed by atoms with E-state index in [9.17, 15) is 14.4 Å². The summed E-state index contributed by atoms with van der Waals surface area (Å²) in [5, 5.41) is 10.5. The number of imide groups is 1. The molecule has 0 unspecified atom stereocenters. The molecule has 0 aliphatic heterocycles. The van der Waals surface area contributed by atoms with E-state index in [1.807, 2.05) is 6.92 Å². The van der Waals surface area contributed by atoms with Crippen LogP contribution in [-0.2, 0) is 14.4 Å². The molecule has 92 valence electrons. The summed E-state index contributed by atoms with van der Waals surface area (Å²) in [6, 6.07) is -1.17. The summed E-state index contributed by atoms with van der Waals surface area (Å²) in [5.74, 6) is -2.30. The van der Waals surface area contributed by atoms with Gasteiger partial charge >= 0.3 is 5.97 Å². The van der Waals surface area contributed by atoms with Gasteiger partial charge in [-0.3, -0.25) is 19.7 Å². The van der Waals surface area contributed by atoms with Gasteiger partial charge in [-0.05, 0) is 6.42 Å². The van der Waals surface area contributed by atoms with Crippen LogP contribution in [-0.4, -0.2) is 28.9 Å². The van der Waals surface area contributed by atoms with Crippen molar-refractivity contribution < 1.29 is 19.5 Å². The van der Waals surface area contributed by atoms with Crippen LogP contribution in [0.2, 0.25) is 0 Å². The number of hydrogen-bond acceptors (Lipinski definition) is 4. The van der Waals surface area contributed by atoms with Crippen molar-refractivity contribution in [2.45, 2.75) is 45.1 Å². The SMILES string of the molecule is CCCCCC(=O)NC(=O)[C@@H](N)CC(=O)O. The first-order valence-corrected chi connectivity index (χ1v) is 5.28. The van der Waals surface area contributed by atoms with Gasteiger partial charge in [-0.1, -0.05) is 19.8 Å². The van der Waals surface area contributed by atoms with E-state index in [1.165, 1.54) is 0 Å². The maximum atomic E-state index is 11.2. The van der Waals surface area contributed by atoms with E-state index in [2.05, 4.69) is 5.32 Å². The first kappa shape index (κ1) is 14.6. The summed E-state index contributed by atoms with van der Waals surface area (Å²) in [5.41, 5.74) is 5.28. The molecule has 0 aromatic rings. The summed E-state index contributed by atoms with van der Waals surface area (Å²) in [6.45, 7) is 2.01. The zero-order valence-electron chi connectivity index (χ0n) is 9.36. The van der Waals surface area contributed by atoms with Crippen molar-refractivity contribution in [2.75, 3.05) is 0 Å². The average molecular weight is 230 g/mol. The summed E-state index contributed by atoms with van der Waals surface area (Å²) < 4.78 is 0. The molecule has 16 heavy (non-hydrogen) atoms. The van der Waals surface area contributed by atoms with Crippen molar-refractivity contribution >= 4 is 17.8 Å². The number of amides is 2. The lowest BCUT2D eigenvalue weighted by Crippen LogP contribution is -2.44. The first-order chi connectivity index (χ1) is 7.47. The number of carboxylic acids is 1. The van der Waals surface area contributed by atoms with Crippen LogP contribution in [0.15, 0.2) is 0 Å². The lowest BCUT2D eigenvalue weighted by molar-refractivity contribution is -0.140. The predicted molar refractivity (Wildman–Crippen MR) is 57.5 cm³/mol. The Morgan fingerprint density at radius 3 is 2.44 bits per heavy atom. The van der Waals surface area contributed by atoms with Gasteiger partial charge in [0.1, 0.15) is 0 Å². The van der Waals surface area contributed by atoms with Gasteiger partial charge in [-0.2, -0.15) is 0 Å². The fourth-order valence-corrected chi connectivity index (χ4v) is 1.11. The molecule has 0 bridgehead atoms. The van der Waals surface area contributed by atoms with Gasteiger partial charge in [0.25, 0.3) is 0 Å². The zero-order chi connectivity index (χ0) is 12.6. The molecule has 0 saturated heterocycles. The first-order valence-electron chi connectivity index (χ1n) is 5.28. The molecule has 0 spiro atoms. The monoisotopic (exact) mass is 230 g/mol. The van der Waals surface area contributed by atoms with E-state index >= 15 is 0 Å². The van der Waals surface area contributed by atoms with Crippen molar-refractivity contribution in [2.24, 2.45) is 5.73 Å². The second-order valence-corrected chi connectivity index (χ2v) is 3.57. The summed E-state index contributed by atoms with van der Waals surface area (Å²) in [6.07, 6.45) is 2.40. The summed E-state index contributed by atoms with van der Waals surface area (Å²) >= 11 is 0. The zero-order valence-corrected chi connectivity index (χ0v) is 9.36. The molecule has 0 heterocycles. The van der Waals surface area contributed by atoms with Crippen LogP contribution < -0.4 is 11.1 Å². The van der Waals surface area contributed by atoms with Crippen molar-refractivity contribution in [1.82, 2.24) is 5.32 Å². The van der Waals surface area contributed by atoms with Crippen LogP contribution in [0.4, 0.5) is 0 Å². The molecule has 4 N–H and O–H groups in total. The second-order valence-electron chi connectivity index (χ2n) is 3.57. The summed E-state index contributed by atoms with van der Waals surface area (Å²) in [7, 11) is 0. The molecule has 0 aromatic carbocycles. The molecular weight excluding hydrogens is 212 g/mol. The average Bonchev–Trinajstić information content (AvgIpc) is 2.16. The van der Waals surface area contributed by atoms with Crippen LogP contribution in [0.25, 0.3) is 0 Å². The Labute approximate surface area is 94.2 Å². The van der Waals surface area contributed by atoms with Crippen molar-refractivity contribution in [3.8, 4) is 0 Å². The molecule has 0 aliphatic carbocycles. The highest BCUT2D eigenvalue weighted by Gasteiger charge is 2.18. The molecule has 0 fully saturated rings. The topological polar surface area (TPSA) is 109 Å². The van der Waals surface area contributed by atoms with Gasteiger partial charge in [0.2, 0.25) is 11.8 Å². The van der Waals surface area contributed by atoms with Crippen LogP contribution in [0.1, 0.15) is 39.0 Å². The van der Waals surface area contributed by atoms with Gasteiger partial charge < -0.3 is 10.8 Å². The number of carbonyl (C=O) groups excluding carboxylic acids is 2. The maximum absolute atomic E-state index is 11.2. The van der Waals surface area contributed by atoms with Gasteiger partial charge in [0.15, 0.2) is 0 Å². The van der Waals surface area contributed by atoms with Gasteiger partial charge in [0, 0.05) is 6.42 Å². The van der Waals surface area contributed by atoms with E-state index in [0.717, 1.165) is 12.8 Å². The number of rotatable bonds is 7. The number of aliphatic carboxylic acids is 1. The van der Waals surface area contributed by atoms with E-state index in [0.29, 0.717) is 6.42 Å². The van der Waals surface area contributed by atoms with E-state index in [-0.39, 0.29) is 6.42 Å². The number of carbonyl (C=O) groups is 3. The van der Waals surface area contributed by atoms with Gasteiger partial charge in [0.05, 0.1) is 12.5 Å². The minimum atomic E-state index is -1.17. The summed E-state index contributed by atoms with van der Waals surface area (Å²) in [4.78, 5) is 32.7. The van der Waals surface area contributed by atoms with Crippen LogP contribution in [0.5, 0.6) is 0 Å². The largest absolute Gasteiger partial charge is 0.481 e. The Morgan fingerprint density at radius 2 is 1.94 bits per heavy atom. The Morgan fingerprint density at radius 1 is 1.31 bits per heavy atom. The standard InChI is InChI=1S/C10H18N2O4/c1-2-3-4-5-8(13)12-10(16)7(11)6-9(14)15/h7H,2-6,11H2,1H3,(H,14,15)(H,12,13,16)/t7-/m0/s1. The van der Waals surface area contributed by atoms with E-state index in [1.54, 1.807) is 0 Å². The number of unbranched alkanes of at least 4 members (excludes halogenated alkanes) is 2. The third-order valence-corrected chi connectivity index (χ3v) is 2.00. The van der Waals surface area contributed by atoms with Crippen LogP contribution >= 0.6 is 0 Å². The molecule has 0 aliphatic rings. The minimum absolute atomic E-state index is 0.263. The second kappa shape index (κ2) is 7.81. The quantitative estimate of drug-likeness (QED) is 0.534. The van der Waals surface area contributed by atoms with Crippen molar-refractivity contribution in [1.29, 1.82) is 0 Å². The fourth-order valence-electron chi connectivity index (χ4n) is 1.11. The molecule has 0 saturated carbocycles. The molecule has 0 radical (unpaired) electrons. The normalized spacial score (nSPS) is 11.9.